The van der Waals surface area contributed by atoms with Crippen LogP contribution in [0.4, 0.5) is 19.3 Å². The van der Waals surface area contributed by atoms with Gasteiger partial charge in [-0.15, -0.1) is 0 Å². The van der Waals surface area contributed by atoms with E-state index in [0.29, 0.717) is 32.5 Å². The van der Waals surface area contributed by atoms with Gasteiger partial charge in [0, 0.05) is 43.2 Å². The summed E-state index contributed by atoms with van der Waals surface area (Å²) in [5.41, 5.74) is 1.14. The normalized spacial score (nSPS) is 17.4. The van der Waals surface area contributed by atoms with Crippen LogP contribution in [0.5, 0.6) is 0 Å². The molecule has 2 heterocycles. The molecule has 2 amide bonds. The molecule has 1 saturated heterocycles. The van der Waals surface area contributed by atoms with Crippen molar-refractivity contribution in [3.8, 4) is 0 Å². The van der Waals surface area contributed by atoms with Crippen molar-refractivity contribution >= 4 is 17.5 Å². The number of halogens is 2. The van der Waals surface area contributed by atoms with E-state index in [2.05, 4.69) is 10.6 Å². The highest BCUT2D eigenvalue weighted by Crippen LogP contribution is 2.39. The lowest BCUT2D eigenvalue weighted by Crippen LogP contribution is -2.55. The highest BCUT2D eigenvalue weighted by atomic mass is 19.1. The van der Waals surface area contributed by atoms with E-state index in [1.807, 2.05) is 24.3 Å². The van der Waals surface area contributed by atoms with Gasteiger partial charge in [0.25, 0.3) is 0 Å². The molecule has 158 valence electrons. The van der Waals surface area contributed by atoms with Gasteiger partial charge in [0.1, 0.15) is 11.6 Å². The Morgan fingerprint density at radius 1 is 1.17 bits per heavy atom. The molecule has 2 aromatic rings. The summed E-state index contributed by atoms with van der Waals surface area (Å²) in [4.78, 5) is 26.7. The van der Waals surface area contributed by atoms with Gasteiger partial charge in [-0.05, 0) is 30.0 Å². The third-order valence-corrected chi connectivity index (χ3v) is 5.87. The van der Waals surface area contributed by atoms with Crippen molar-refractivity contribution in [2.75, 3.05) is 18.4 Å². The molecule has 30 heavy (non-hydrogen) atoms. The maximum atomic E-state index is 14.2. The fourth-order valence-electron chi connectivity index (χ4n) is 4.20. The van der Waals surface area contributed by atoms with Crippen LogP contribution in [0.3, 0.4) is 0 Å². The second-order valence-corrected chi connectivity index (χ2v) is 7.94. The summed E-state index contributed by atoms with van der Waals surface area (Å²) in [7, 11) is 0. The lowest BCUT2D eigenvalue weighted by Gasteiger charge is -2.45. The molecule has 8 heteroatoms. The summed E-state index contributed by atoms with van der Waals surface area (Å²) in [5, 5.41) is 15.2. The number of amides is 2. The summed E-state index contributed by atoms with van der Waals surface area (Å²) in [6.07, 6.45) is 1.12. The number of likely N-dealkylation sites (tertiary alicyclic amines) is 1. The number of nitrogens with one attached hydrogen (secondary N) is 2. The van der Waals surface area contributed by atoms with Gasteiger partial charge in [0.05, 0.1) is 12.3 Å². The van der Waals surface area contributed by atoms with Crippen molar-refractivity contribution in [1.29, 1.82) is 0 Å². The molecule has 3 N–H and O–H groups in total. The van der Waals surface area contributed by atoms with Gasteiger partial charge in [-0.25, -0.2) is 13.6 Å². The molecule has 0 saturated carbocycles. The first-order valence-electron chi connectivity index (χ1n) is 9.91. The minimum atomic E-state index is -0.775. The predicted octanol–water partition coefficient (Wildman–Crippen LogP) is 3.20. The summed E-state index contributed by atoms with van der Waals surface area (Å²) >= 11 is 0. The molecule has 2 aromatic carbocycles. The molecule has 2 aliphatic rings. The van der Waals surface area contributed by atoms with E-state index >= 15 is 0 Å². The zero-order valence-electron chi connectivity index (χ0n) is 16.4. The lowest BCUT2D eigenvalue weighted by atomic mass is 9.78. The van der Waals surface area contributed by atoms with Crippen LogP contribution in [0, 0.1) is 11.6 Å². The fraction of sp³-hybridized carbons (Fsp3) is 0.364. The summed E-state index contributed by atoms with van der Waals surface area (Å²) in [6, 6.07) is 8.96. The quantitative estimate of drug-likeness (QED) is 0.719. The summed E-state index contributed by atoms with van der Waals surface area (Å²) in [6.45, 7) is 1.12. The fourth-order valence-corrected chi connectivity index (χ4v) is 4.20. The zero-order valence-corrected chi connectivity index (χ0v) is 16.4. The molecule has 1 spiro atoms. The minimum absolute atomic E-state index is 0.0448. The van der Waals surface area contributed by atoms with Crippen LogP contribution < -0.4 is 10.6 Å². The van der Waals surface area contributed by atoms with Gasteiger partial charge in [-0.1, -0.05) is 24.3 Å². The monoisotopic (exact) mass is 415 g/mol. The number of carbonyl (C=O) groups is 2. The van der Waals surface area contributed by atoms with Crippen LogP contribution in [-0.4, -0.2) is 40.4 Å². The number of urea groups is 1. The number of rotatable bonds is 3. The van der Waals surface area contributed by atoms with Crippen LogP contribution in [0.25, 0.3) is 0 Å². The molecular formula is C22H23F2N3O3. The highest BCUT2D eigenvalue weighted by molar-refractivity contribution is 6.04. The highest BCUT2D eigenvalue weighted by Gasteiger charge is 2.42. The van der Waals surface area contributed by atoms with Crippen molar-refractivity contribution in [2.24, 2.45) is 0 Å². The average molecular weight is 415 g/mol. The number of Topliss-reactive ketones (excluding diaryl/α,β-unsaturated/α-hetero) is 1. The maximum absolute atomic E-state index is 14.2. The van der Waals surface area contributed by atoms with Crippen LogP contribution in [0.2, 0.25) is 0 Å². The largest absolute Gasteiger partial charge is 0.392 e. The number of benzene rings is 2. The number of fused-ring (bicyclic) bond motifs is 1. The van der Waals surface area contributed by atoms with E-state index < -0.39 is 17.2 Å². The summed E-state index contributed by atoms with van der Waals surface area (Å²) < 4.78 is 27.7. The lowest BCUT2D eigenvalue weighted by molar-refractivity contribution is 0.0914. The minimum Gasteiger partial charge on any atom is -0.392 e. The molecular weight excluding hydrogens is 392 g/mol. The van der Waals surface area contributed by atoms with Crippen molar-refractivity contribution < 1.29 is 23.5 Å². The van der Waals surface area contributed by atoms with Crippen LogP contribution in [0.1, 0.15) is 40.7 Å². The number of ketones is 1. The Labute approximate surface area is 172 Å². The molecule has 0 unspecified atom stereocenters. The second-order valence-electron chi connectivity index (χ2n) is 7.94. The molecule has 0 aliphatic carbocycles. The number of hydrogen-bond acceptors (Lipinski definition) is 4. The molecule has 0 radical (unpaired) electrons. The van der Waals surface area contributed by atoms with Gasteiger partial charge < -0.3 is 20.6 Å². The number of anilines is 1. The van der Waals surface area contributed by atoms with Crippen LogP contribution >= 0.6 is 0 Å². The molecule has 4 rings (SSSR count). The Morgan fingerprint density at radius 2 is 1.90 bits per heavy atom. The van der Waals surface area contributed by atoms with E-state index in [1.54, 1.807) is 4.90 Å². The summed E-state index contributed by atoms with van der Waals surface area (Å²) in [5.74, 6) is -1.83. The third kappa shape index (κ3) is 4.00. The molecule has 1 fully saturated rings. The van der Waals surface area contributed by atoms with Gasteiger partial charge in [-0.2, -0.15) is 0 Å². The van der Waals surface area contributed by atoms with E-state index in [-0.39, 0.29) is 36.1 Å². The first-order chi connectivity index (χ1) is 14.4. The van der Waals surface area contributed by atoms with E-state index in [9.17, 15) is 23.5 Å². The van der Waals surface area contributed by atoms with Gasteiger partial charge >= 0.3 is 6.03 Å². The van der Waals surface area contributed by atoms with Gasteiger partial charge in [-0.3, -0.25) is 4.79 Å². The smallest absolute Gasteiger partial charge is 0.317 e. The molecule has 2 aliphatic heterocycles. The topological polar surface area (TPSA) is 81.7 Å². The van der Waals surface area contributed by atoms with Crippen molar-refractivity contribution in [3.05, 3.63) is 64.7 Å². The molecule has 0 bridgehead atoms. The Bertz CT molecular complexity index is 988. The van der Waals surface area contributed by atoms with E-state index in [1.165, 1.54) is 0 Å². The first kappa shape index (κ1) is 20.3. The number of carbonyl (C=O) groups excluding carboxylic acids is 2. The number of nitrogens with zero attached hydrogens (tertiary/aromatic N) is 1. The standard InChI is InChI=1S/C22H23F2N3O3/c23-16-9-17-19(29)11-22(26-20(17)18(24)10-16)4-6-27(7-5-22)21(30)25-12-14-2-1-3-15(8-14)13-28/h1-3,8-10,26,28H,4-7,11-13H2,(H,25,30). The van der Waals surface area contributed by atoms with Gasteiger partial charge in [0.15, 0.2) is 5.78 Å². The van der Waals surface area contributed by atoms with Crippen LogP contribution in [0.15, 0.2) is 36.4 Å². The Morgan fingerprint density at radius 3 is 2.63 bits per heavy atom. The van der Waals surface area contributed by atoms with E-state index in [0.717, 1.165) is 23.3 Å². The average Bonchev–Trinajstić information content (AvgIpc) is 2.74. The third-order valence-electron chi connectivity index (χ3n) is 5.87. The zero-order chi connectivity index (χ0) is 21.3. The van der Waals surface area contributed by atoms with Crippen molar-refractivity contribution in [1.82, 2.24) is 10.2 Å². The number of aliphatic hydroxyl groups is 1. The molecule has 6 nitrogen and oxygen atoms in total. The number of piperidine rings is 1. The van der Waals surface area contributed by atoms with Gasteiger partial charge in [0.2, 0.25) is 0 Å². The number of hydrogen-bond donors (Lipinski definition) is 3. The Hall–Kier alpha value is -3.00. The molecule has 0 atom stereocenters. The van der Waals surface area contributed by atoms with Crippen molar-refractivity contribution in [2.45, 2.75) is 38.0 Å². The Kier molecular flexibility index (Phi) is 5.42. The second kappa shape index (κ2) is 8.02. The molecule has 0 aromatic heterocycles. The Balaban J connectivity index is 1.37. The maximum Gasteiger partial charge on any atom is 0.317 e. The first-order valence-corrected chi connectivity index (χ1v) is 9.91. The van der Waals surface area contributed by atoms with Crippen molar-refractivity contribution in [3.63, 3.8) is 0 Å². The van der Waals surface area contributed by atoms with Crippen LogP contribution in [-0.2, 0) is 13.2 Å². The predicted molar refractivity (Wildman–Crippen MR) is 107 cm³/mol. The van der Waals surface area contributed by atoms with E-state index in [4.69, 9.17) is 0 Å². The SMILES string of the molecule is O=C1CC2(CCN(C(=O)NCc3cccc(CO)c3)CC2)Nc2c(F)cc(F)cc21. The number of aliphatic hydroxyl groups excluding tert-OH is 1.